The third-order valence-electron chi connectivity index (χ3n) is 4.19. The average Bonchev–Trinajstić information content (AvgIpc) is 2.92. The number of nitrogens with zero attached hydrogens (tertiary/aromatic N) is 2. The fourth-order valence-corrected chi connectivity index (χ4v) is 2.62. The Balaban J connectivity index is 2.10. The molecule has 1 aromatic carbocycles. The van der Waals surface area contributed by atoms with Gasteiger partial charge in [0.15, 0.2) is 0 Å². The Hall–Kier alpha value is -2.04. The highest BCUT2D eigenvalue weighted by Crippen LogP contribution is 2.34. The van der Waals surface area contributed by atoms with E-state index in [0.29, 0.717) is 19.4 Å². The second-order valence-electron chi connectivity index (χ2n) is 5.29. The standard InChI is InChI=1S/C15H20N2O3/c1-3-15(13(18)19)9-10-17(11-15)14(20)16(2)12-7-5-4-6-8-12/h4-8H,3,9-11H2,1-2H3,(H,18,19). The lowest BCUT2D eigenvalue weighted by atomic mass is 9.84. The zero-order chi connectivity index (χ0) is 14.8. The molecular formula is C15H20N2O3. The SMILES string of the molecule is CCC1(C(=O)O)CCN(C(=O)N(C)c2ccccc2)C1. The van der Waals surface area contributed by atoms with Gasteiger partial charge in [-0.25, -0.2) is 4.79 Å². The highest BCUT2D eigenvalue weighted by atomic mass is 16.4. The van der Waals surface area contributed by atoms with E-state index in [0.717, 1.165) is 5.69 Å². The van der Waals surface area contributed by atoms with Gasteiger partial charge in [-0.2, -0.15) is 0 Å². The van der Waals surface area contributed by atoms with Crippen LogP contribution in [0, 0.1) is 5.41 Å². The number of likely N-dealkylation sites (tertiary alicyclic amines) is 1. The molecule has 20 heavy (non-hydrogen) atoms. The first-order valence-electron chi connectivity index (χ1n) is 6.81. The van der Waals surface area contributed by atoms with Crippen molar-refractivity contribution in [2.75, 3.05) is 25.0 Å². The molecule has 0 aliphatic carbocycles. The van der Waals surface area contributed by atoms with Crippen molar-refractivity contribution in [2.45, 2.75) is 19.8 Å². The van der Waals surface area contributed by atoms with Crippen molar-refractivity contribution in [3.05, 3.63) is 30.3 Å². The summed E-state index contributed by atoms with van der Waals surface area (Å²) in [7, 11) is 1.71. The number of carbonyl (C=O) groups is 2. The maximum atomic E-state index is 12.4. The zero-order valence-electron chi connectivity index (χ0n) is 11.9. The number of carboxylic acids is 1. The molecule has 0 spiro atoms. The molecule has 1 unspecified atom stereocenters. The maximum Gasteiger partial charge on any atom is 0.324 e. The van der Waals surface area contributed by atoms with Gasteiger partial charge in [-0.05, 0) is 25.0 Å². The molecule has 1 saturated heterocycles. The molecule has 5 nitrogen and oxygen atoms in total. The minimum atomic E-state index is -0.808. The number of rotatable bonds is 3. The van der Waals surface area contributed by atoms with E-state index in [9.17, 15) is 14.7 Å². The predicted octanol–water partition coefficient (Wildman–Crippen LogP) is 2.43. The number of para-hydroxylation sites is 1. The summed E-state index contributed by atoms with van der Waals surface area (Å²) >= 11 is 0. The molecule has 0 saturated carbocycles. The lowest BCUT2D eigenvalue weighted by Crippen LogP contribution is -2.42. The van der Waals surface area contributed by atoms with Crippen LogP contribution in [-0.2, 0) is 4.79 Å². The van der Waals surface area contributed by atoms with Crippen LogP contribution in [-0.4, -0.2) is 42.1 Å². The quantitative estimate of drug-likeness (QED) is 0.922. The van der Waals surface area contributed by atoms with Crippen molar-refractivity contribution in [3.8, 4) is 0 Å². The van der Waals surface area contributed by atoms with E-state index in [4.69, 9.17) is 0 Å². The Bertz CT molecular complexity index is 503. The van der Waals surface area contributed by atoms with Crippen LogP contribution in [0.1, 0.15) is 19.8 Å². The maximum absolute atomic E-state index is 12.4. The van der Waals surface area contributed by atoms with Gasteiger partial charge in [0.2, 0.25) is 0 Å². The first kappa shape index (κ1) is 14.4. The van der Waals surface area contributed by atoms with Gasteiger partial charge < -0.3 is 10.0 Å². The van der Waals surface area contributed by atoms with Gasteiger partial charge in [0.1, 0.15) is 0 Å². The molecule has 2 amide bonds. The number of anilines is 1. The second kappa shape index (κ2) is 5.53. The molecule has 1 N–H and O–H groups in total. The lowest BCUT2D eigenvalue weighted by Gasteiger charge is -2.27. The van der Waals surface area contributed by atoms with Gasteiger partial charge in [0.25, 0.3) is 0 Å². The molecule has 0 bridgehead atoms. The summed E-state index contributed by atoms with van der Waals surface area (Å²) in [4.78, 5) is 27.0. The molecule has 2 rings (SSSR count). The van der Waals surface area contributed by atoms with Crippen molar-refractivity contribution in [1.82, 2.24) is 4.90 Å². The number of carbonyl (C=O) groups excluding carboxylic acids is 1. The van der Waals surface area contributed by atoms with Gasteiger partial charge in [0.05, 0.1) is 5.41 Å². The first-order valence-corrected chi connectivity index (χ1v) is 6.81. The highest BCUT2D eigenvalue weighted by molar-refractivity contribution is 5.92. The highest BCUT2D eigenvalue weighted by Gasteiger charge is 2.45. The number of amides is 2. The van der Waals surface area contributed by atoms with E-state index >= 15 is 0 Å². The van der Waals surface area contributed by atoms with Gasteiger partial charge in [0, 0.05) is 25.8 Å². The van der Waals surface area contributed by atoms with Gasteiger partial charge in [-0.3, -0.25) is 9.69 Å². The van der Waals surface area contributed by atoms with Crippen LogP contribution in [0.3, 0.4) is 0 Å². The van der Waals surface area contributed by atoms with Crippen molar-refractivity contribution in [3.63, 3.8) is 0 Å². The minimum Gasteiger partial charge on any atom is -0.481 e. The molecule has 5 heteroatoms. The Morgan fingerprint density at radius 3 is 2.50 bits per heavy atom. The van der Waals surface area contributed by atoms with Crippen LogP contribution >= 0.6 is 0 Å². The smallest absolute Gasteiger partial charge is 0.324 e. The number of aliphatic carboxylic acids is 1. The van der Waals surface area contributed by atoms with Crippen molar-refractivity contribution >= 4 is 17.7 Å². The molecule has 0 radical (unpaired) electrons. The fourth-order valence-electron chi connectivity index (χ4n) is 2.62. The third-order valence-corrected chi connectivity index (χ3v) is 4.19. The van der Waals surface area contributed by atoms with Gasteiger partial charge >= 0.3 is 12.0 Å². The molecule has 1 heterocycles. The van der Waals surface area contributed by atoms with Gasteiger partial charge in [-0.1, -0.05) is 25.1 Å². The number of hydrogen-bond acceptors (Lipinski definition) is 2. The summed E-state index contributed by atoms with van der Waals surface area (Å²) in [5.41, 5.74) is 0.0227. The summed E-state index contributed by atoms with van der Waals surface area (Å²) in [6.45, 7) is 2.65. The van der Waals surface area contributed by atoms with E-state index < -0.39 is 11.4 Å². The molecule has 1 atom stereocenters. The second-order valence-corrected chi connectivity index (χ2v) is 5.29. The van der Waals surface area contributed by atoms with Crippen LogP contribution in [0.4, 0.5) is 10.5 Å². The van der Waals surface area contributed by atoms with Crippen molar-refractivity contribution in [2.24, 2.45) is 5.41 Å². The molecule has 108 valence electrons. The Morgan fingerprint density at radius 1 is 1.35 bits per heavy atom. The largest absolute Gasteiger partial charge is 0.481 e. The van der Waals surface area contributed by atoms with Crippen LogP contribution < -0.4 is 4.90 Å². The number of urea groups is 1. The monoisotopic (exact) mass is 276 g/mol. The topological polar surface area (TPSA) is 60.9 Å². The van der Waals surface area contributed by atoms with Crippen LogP contribution in [0.25, 0.3) is 0 Å². The van der Waals surface area contributed by atoms with Crippen molar-refractivity contribution in [1.29, 1.82) is 0 Å². The van der Waals surface area contributed by atoms with Crippen LogP contribution in [0.5, 0.6) is 0 Å². The van der Waals surface area contributed by atoms with Crippen LogP contribution in [0.2, 0.25) is 0 Å². The summed E-state index contributed by atoms with van der Waals surface area (Å²) in [6, 6.07) is 9.21. The van der Waals surface area contributed by atoms with E-state index in [1.807, 2.05) is 37.3 Å². The predicted molar refractivity (Wildman–Crippen MR) is 76.8 cm³/mol. The van der Waals surface area contributed by atoms with E-state index in [-0.39, 0.29) is 12.6 Å². The number of benzene rings is 1. The summed E-state index contributed by atoms with van der Waals surface area (Å²) in [6.07, 6.45) is 1.06. The van der Waals surface area contributed by atoms with E-state index in [1.54, 1.807) is 16.8 Å². The molecule has 1 fully saturated rings. The molecule has 0 aromatic heterocycles. The molecule has 1 aliphatic rings. The minimum absolute atomic E-state index is 0.146. The molecule has 1 aliphatic heterocycles. The average molecular weight is 276 g/mol. The van der Waals surface area contributed by atoms with Gasteiger partial charge in [-0.15, -0.1) is 0 Å². The summed E-state index contributed by atoms with van der Waals surface area (Å²) in [5, 5.41) is 9.37. The summed E-state index contributed by atoms with van der Waals surface area (Å²) in [5.74, 6) is -0.808. The zero-order valence-corrected chi connectivity index (χ0v) is 11.9. The normalized spacial score (nSPS) is 21.8. The Labute approximate surface area is 118 Å². The van der Waals surface area contributed by atoms with E-state index in [2.05, 4.69) is 0 Å². The summed E-state index contributed by atoms with van der Waals surface area (Å²) < 4.78 is 0. The third kappa shape index (κ3) is 2.48. The first-order chi connectivity index (χ1) is 9.50. The molecular weight excluding hydrogens is 256 g/mol. The molecule has 1 aromatic rings. The van der Waals surface area contributed by atoms with Crippen LogP contribution in [0.15, 0.2) is 30.3 Å². The fraction of sp³-hybridized carbons (Fsp3) is 0.467. The Morgan fingerprint density at radius 2 is 2.00 bits per heavy atom. The van der Waals surface area contributed by atoms with Crippen molar-refractivity contribution < 1.29 is 14.7 Å². The van der Waals surface area contributed by atoms with E-state index in [1.165, 1.54) is 0 Å². The lowest BCUT2D eigenvalue weighted by molar-refractivity contribution is -0.148. The number of carboxylic acid groups (broad SMARTS) is 1. The Kier molecular flexibility index (Phi) is 3.97. The number of hydrogen-bond donors (Lipinski definition) is 1.